The van der Waals surface area contributed by atoms with Gasteiger partial charge < -0.3 is 14.2 Å². The van der Waals surface area contributed by atoms with E-state index < -0.39 is 6.10 Å². The summed E-state index contributed by atoms with van der Waals surface area (Å²) in [5, 5.41) is 0. The van der Waals surface area contributed by atoms with Crippen LogP contribution in [0.15, 0.2) is 12.2 Å². The minimum absolute atomic E-state index is 0.0628. The van der Waals surface area contributed by atoms with E-state index in [1.165, 1.54) is 347 Å². The Hall–Kier alpha value is -1.85. The average Bonchev–Trinajstić information content (AvgIpc) is 3.49. The van der Waals surface area contributed by atoms with Gasteiger partial charge in [0.15, 0.2) is 6.10 Å². The molecule has 83 heavy (non-hydrogen) atoms. The van der Waals surface area contributed by atoms with Crippen LogP contribution < -0.4 is 0 Å². The van der Waals surface area contributed by atoms with E-state index in [1.54, 1.807) is 0 Å². The molecule has 0 spiro atoms. The molecule has 0 amide bonds. The van der Waals surface area contributed by atoms with Gasteiger partial charge in [-0.1, -0.05) is 392 Å². The number of hydrogen-bond donors (Lipinski definition) is 0. The molecule has 0 radical (unpaired) electrons. The molecule has 0 saturated heterocycles. The van der Waals surface area contributed by atoms with Crippen molar-refractivity contribution in [1.29, 1.82) is 0 Å². The fourth-order valence-corrected chi connectivity index (χ4v) is 12.0. The summed E-state index contributed by atoms with van der Waals surface area (Å²) in [5.41, 5.74) is 0. The highest BCUT2D eigenvalue weighted by atomic mass is 16.6. The van der Waals surface area contributed by atoms with Crippen molar-refractivity contribution in [1.82, 2.24) is 0 Å². The summed E-state index contributed by atoms with van der Waals surface area (Å²) in [6, 6.07) is 0. The maximum Gasteiger partial charge on any atom is 0.306 e. The van der Waals surface area contributed by atoms with Crippen molar-refractivity contribution < 1.29 is 28.6 Å². The smallest absolute Gasteiger partial charge is 0.306 e. The number of rotatable bonds is 72. The Bertz CT molecular complexity index is 1300. The number of unbranched alkanes of at least 4 members (excludes halogenated alkanes) is 59. The lowest BCUT2D eigenvalue weighted by molar-refractivity contribution is -0.167. The summed E-state index contributed by atoms with van der Waals surface area (Å²) in [6.45, 7) is 6.70. The van der Waals surface area contributed by atoms with Gasteiger partial charge in [-0.3, -0.25) is 14.4 Å². The van der Waals surface area contributed by atoms with E-state index in [2.05, 4.69) is 32.9 Å². The molecule has 0 aromatic rings. The van der Waals surface area contributed by atoms with Crippen LogP contribution in [0.3, 0.4) is 0 Å². The Labute approximate surface area is 520 Å². The van der Waals surface area contributed by atoms with E-state index in [9.17, 15) is 14.4 Å². The maximum atomic E-state index is 12.9. The Morgan fingerprint density at radius 1 is 0.229 bits per heavy atom. The lowest BCUT2D eigenvalue weighted by atomic mass is 10.0. The van der Waals surface area contributed by atoms with Crippen molar-refractivity contribution in [2.75, 3.05) is 13.2 Å². The molecule has 0 aliphatic carbocycles. The third kappa shape index (κ3) is 70.8. The number of allylic oxidation sites excluding steroid dienone is 2. The fraction of sp³-hybridized carbons (Fsp3) is 0.935. The van der Waals surface area contributed by atoms with Gasteiger partial charge in [0.2, 0.25) is 0 Å². The summed E-state index contributed by atoms with van der Waals surface area (Å²) in [4.78, 5) is 38.3. The zero-order chi connectivity index (χ0) is 59.9. The van der Waals surface area contributed by atoms with Crippen LogP contribution in [0.2, 0.25) is 0 Å². The molecular formula is C77H148O6. The molecule has 0 aliphatic rings. The SMILES string of the molecule is CCCCCCCCCC/C=C\CCCCCCCCCCCCCCCCCC(=O)OC(COC(=O)CCCCCCCCCC)COC(=O)CCCCCCCCCCCCCCCCCCCCCCCCCCCCCCCC. The van der Waals surface area contributed by atoms with Gasteiger partial charge in [0, 0.05) is 19.3 Å². The molecule has 0 bridgehead atoms. The second-order valence-electron chi connectivity index (χ2n) is 26.3. The highest BCUT2D eigenvalue weighted by molar-refractivity contribution is 5.71. The summed E-state index contributed by atoms with van der Waals surface area (Å²) in [6.07, 6.45) is 88.7. The molecule has 0 fully saturated rings. The molecule has 6 heteroatoms. The molecule has 6 nitrogen and oxygen atoms in total. The zero-order valence-electron chi connectivity index (χ0n) is 56.8. The van der Waals surface area contributed by atoms with Crippen LogP contribution >= 0.6 is 0 Å². The minimum Gasteiger partial charge on any atom is -0.462 e. The molecule has 492 valence electrons. The van der Waals surface area contributed by atoms with Crippen LogP contribution in [0.1, 0.15) is 445 Å². The quantitative estimate of drug-likeness (QED) is 0.0261. The number of carbonyl (C=O) groups is 3. The largest absolute Gasteiger partial charge is 0.462 e. The summed E-state index contributed by atoms with van der Waals surface area (Å²) < 4.78 is 17.0. The van der Waals surface area contributed by atoms with Crippen LogP contribution in [0, 0.1) is 0 Å². The van der Waals surface area contributed by atoms with E-state index in [-0.39, 0.29) is 31.1 Å². The van der Waals surface area contributed by atoms with Crippen LogP contribution in [-0.4, -0.2) is 37.2 Å². The zero-order valence-corrected chi connectivity index (χ0v) is 56.8. The van der Waals surface area contributed by atoms with Gasteiger partial charge >= 0.3 is 17.9 Å². The first kappa shape index (κ1) is 81.2. The van der Waals surface area contributed by atoms with Gasteiger partial charge in [-0.2, -0.15) is 0 Å². The van der Waals surface area contributed by atoms with Crippen LogP contribution in [0.4, 0.5) is 0 Å². The van der Waals surface area contributed by atoms with E-state index in [0.29, 0.717) is 19.3 Å². The third-order valence-corrected chi connectivity index (χ3v) is 17.8. The van der Waals surface area contributed by atoms with Gasteiger partial charge in [0.25, 0.3) is 0 Å². The maximum absolute atomic E-state index is 12.9. The van der Waals surface area contributed by atoms with Crippen LogP contribution in [0.5, 0.6) is 0 Å². The molecule has 0 N–H and O–H groups in total. The molecule has 1 unspecified atom stereocenters. The predicted molar refractivity (Wildman–Crippen MR) is 363 cm³/mol. The molecular weight excluding hydrogens is 1020 g/mol. The molecule has 0 rings (SSSR count). The van der Waals surface area contributed by atoms with Gasteiger partial charge in [-0.25, -0.2) is 0 Å². The Kier molecular flexibility index (Phi) is 71.0. The van der Waals surface area contributed by atoms with Crippen LogP contribution in [0.25, 0.3) is 0 Å². The van der Waals surface area contributed by atoms with Crippen molar-refractivity contribution in [2.45, 2.75) is 451 Å². The highest BCUT2D eigenvalue weighted by Crippen LogP contribution is 2.20. The number of ether oxygens (including phenoxy) is 3. The van der Waals surface area contributed by atoms with Crippen molar-refractivity contribution in [3.63, 3.8) is 0 Å². The third-order valence-electron chi connectivity index (χ3n) is 17.8. The normalized spacial score (nSPS) is 12.0. The van der Waals surface area contributed by atoms with Crippen molar-refractivity contribution in [2.24, 2.45) is 0 Å². The average molecular weight is 1170 g/mol. The van der Waals surface area contributed by atoms with E-state index >= 15 is 0 Å². The molecule has 0 heterocycles. The fourth-order valence-electron chi connectivity index (χ4n) is 12.0. The van der Waals surface area contributed by atoms with E-state index in [1.807, 2.05) is 0 Å². The first-order valence-electron chi connectivity index (χ1n) is 38.2. The number of esters is 3. The Morgan fingerprint density at radius 2 is 0.398 bits per heavy atom. The topological polar surface area (TPSA) is 78.9 Å². The lowest BCUT2D eigenvalue weighted by Gasteiger charge is -2.18. The van der Waals surface area contributed by atoms with Gasteiger partial charge in [-0.05, 0) is 44.9 Å². The highest BCUT2D eigenvalue weighted by Gasteiger charge is 2.20. The van der Waals surface area contributed by atoms with Gasteiger partial charge in [0.1, 0.15) is 13.2 Å². The molecule has 0 saturated carbocycles. The summed E-state index contributed by atoms with van der Waals surface area (Å²) in [7, 11) is 0. The summed E-state index contributed by atoms with van der Waals surface area (Å²) >= 11 is 0. The number of hydrogen-bond acceptors (Lipinski definition) is 6. The van der Waals surface area contributed by atoms with Crippen LogP contribution in [-0.2, 0) is 28.6 Å². The lowest BCUT2D eigenvalue weighted by Crippen LogP contribution is -2.30. The first-order chi connectivity index (χ1) is 41.0. The van der Waals surface area contributed by atoms with E-state index in [4.69, 9.17) is 14.2 Å². The standard InChI is InChI=1S/C77H148O6/c1-4-7-10-13-16-19-21-23-25-27-29-31-33-35-37-38-39-41-42-44-46-48-50-52-54-56-58-61-64-67-70-76(79)82-73-74(72-81-75(78)69-66-63-60-18-15-12-9-6-3)83-77(80)71-68-65-62-59-57-55-53-51-49-47-45-43-40-36-34-32-30-28-26-24-22-20-17-14-11-8-5-2/h28,30,74H,4-27,29,31-73H2,1-3H3/b30-28-. The second kappa shape index (κ2) is 72.6. The first-order valence-corrected chi connectivity index (χ1v) is 38.2. The minimum atomic E-state index is -0.765. The van der Waals surface area contributed by atoms with E-state index in [0.717, 1.165) is 57.8 Å². The molecule has 0 aromatic carbocycles. The monoisotopic (exact) mass is 1170 g/mol. The predicted octanol–water partition coefficient (Wildman–Crippen LogP) is 26.3. The summed E-state index contributed by atoms with van der Waals surface area (Å²) in [5.74, 6) is -0.832. The Balaban J connectivity index is 3.99. The Morgan fingerprint density at radius 3 is 0.602 bits per heavy atom. The second-order valence-corrected chi connectivity index (χ2v) is 26.3. The molecule has 0 aromatic heterocycles. The van der Waals surface area contributed by atoms with Gasteiger partial charge in [0.05, 0.1) is 0 Å². The molecule has 1 atom stereocenters. The van der Waals surface area contributed by atoms with Crippen molar-refractivity contribution in [3.8, 4) is 0 Å². The molecule has 0 aliphatic heterocycles. The van der Waals surface area contributed by atoms with Crippen molar-refractivity contribution >= 4 is 17.9 Å². The van der Waals surface area contributed by atoms with Gasteiger partial charge in [-0.15, -0.1) is 0 Å². The van der Waals surface area contributed by atoms with Crippen molar-refractivity contribution in [3.05, 3.63) is 12.2 Å². The number of carbonyl (C=O) groups excluding carboxylic acids is 3.